The van der Waals surface area contributed by atoms with Crippen molar-refractivity contribution >= 4 is 17.5 Å². The van der Waals surface area contributed by atoms with Gasteiger partial charge in [-0.2, -0.15) is 5.10 Å². The Labute approximate surface area is 128 Å². The third-order valence-corrected chi connectivity index (χ3v) is 3.56. The second-order valence-electron chi connectivity index (χ2n) is 4.79. The van der Waals surface area contributed by atoms with Crippen molar-refractivity contribution < 1.29 is 9.53 Å². The molecule has 0 unspecified atom stereocenters. The van der Waals surface area contributed by atoms with E-state index in [4.69, 9.17) is 16.3 Å². The summed E-state index contributed by atoms with van der Waals surface area (Å²) in [6, 6.07) is 6.89. The topological polar surface area (TPSA) is 56.2 Å². The van der Waals surface area contributed by atoms with Gasteiger partial charge in [0.05, 0.1) is 5.69 Å². The molecule has 0 saturated heterocycles. The summed E-state index contributed by atoms with van der Waals surface area (Å²) in [7, 11) is 1.89. The summed E-state index contributed by atoms with van der Waals surface area (Å²) in [5.41, 5.74) is 3.01. The summed E-state index contributed by atoms with van der Waals surface area (Å²) in [5.74, 6) is 0.441. The summed E-state index contributed by atoms with van der Waals surface area (Å²) in [6.45, 7) is 4.33. The Kier molecular flexibility index (Phi) is 4.85. The largest absolute Gasteiger partial charge is 0.484 e. The van der Waals surface area contributed by atoms with Gasteiger partial charge in [-0.15, -0.1) is 0 Å². The van der Waals surface area contributed by atoms with Crippen LogP contribution in [0.15, 0.2) is 24.3 Å². The maximum atomic E-state index is 11.8. The number of hydrogen-bond donors (Lipinski definition) is 1. The zero-order valence-corrected chi connectivity index (χ0v) is 13.1. The van der Waals surface area contributed by atoms with E-state index in [1.807, 2.05) is 20.9 Å². The van der Waals surface area contributed by atoms with Crippen LogP contribution in [-0.2, 0) is 18.4 Å². The van der Waals surface area contributed by atoms with E-state index in [2.05, 4.69) is 10.4 Å². The number of benzene rings is 1. The molecule has 1 aromatic carbocycles. The third-order valence-electron chi connectivity index (χ3n) is 3.30. The minimum absolute atomic E-state index is 0.0278. The molecule has 0 aliphatic heterocycles. The number of carbonyl (C=O) groups excluding carboxylic acids is 1. The van der Waals surface area contributed by atoms with Gasteiger partial charge in [0.2, 0.25) is 0 Å². The molecule has 5 nitrogen and oxygen atoms in total. The number of nitrogens with one attached hydrogen (secondary N) is 1. The smallest absolute Gasteiger partial charge is 0.258 e. The summed E-state index contributed by atoms with van der Waals surface area (Å²) in [4.78, 5) is 11.8. The molecule has 2 rings (SSSR count). The number of aryl methyl sites for hydroxylation is 2. The molecular formula is C15H18ClN3O2. The number of halogens is 1. The van der Waals surface area contributed by atoms with Gasteiger partial charge in [-0.05, 0) is 38.1 Å². The van der Waals surface area contributed by atoms with Crippen molar-refractivity contribution in [2.24, 2.45) is 7.05 Å². The molecule has 1 heterocycles. The molecule has 0 spiro atoms. The monoisotopic (exact) mass is 307 g/mol. The van der Waals surface area contributed by atoms with Gasteiger partial charge in [0.15, 0.2) is 6.61 Å². The highest BCUT2D eigenvalue weighted by molar-refractivity contribution is 6.30. The average molecular weight is 308 g/mol. The molecule has 1 N–H and O–H groups in total. The highest BCUT2D eigenvalue weighted by Gasteiger charge is 2.10. The number of hydrogen-bond acceptors (Lipinski definition) is 3. The van der Waals surface area contributed by atoms with Gasteiger partial charge in [-0.1, -0.05) is 11.6 Å². The van der Waals surface area contributed by atoms with Gasteiger partial charge >= 0.3 is 0 Å². The van der Waals surface area contributed by atoms with E-state index in [9.17, 15) is 4.79 Å². The van der Waals surface area contributed by atoms with Gasteiger partial charge in [0.25, 0.3) is 5.91 Å². The standard InChI is InChI=1S/C15H18ClN3O2/c1-10-14(11(2)19(3)18-10)8-17-15(20)9-21-13-6-4-12(16)5-7-13/h4-7H,8-9H2,1-3H3,(H,17,20). The highest BCUT2D eigenvalue weighted by atomic mass is 35.5. The number of carbonyl (C=O) groups is 1. The van der Waals surface area contributed by atoms with Crippen molar-refractivity contribution in [2.75, 3.05) is 6.61 Å². The lowest BCUT2D eigenvalue weighted by Gasteiger charge is -2.08. The lowest BCUT2D eigenvalue weighted by atomic mass is 10.2. The predicted molar refractivity (Wildman–Crippen MR) is 81.5 cm³/mol. The van der Waals surface area contributed by atoms with Gasteiger partial charge in [-0.25, -0.2) is 0 Å². The molecule has 0 atom stereocenters. The van der Waals surface area contributed by atoms with Crippen LogP contribution in [0.1, 0.15) is 17.0 Å². The van der Waals surface area contributed by atoms with Crippen LogP contribution >= 0.6 is 11.6 Å². The average Bonchev–Trinajstić information content (AvgIpc) is 2.69. The molecule has 6 heteroatoms. The zero-order valence-electron chi connectivity index (χ0n) is 12.3. The second-order valence-corrected chi connectivity index (χ2v) is 5.23. The zero-order chi connectivity index (χ0) is 15.4. The summed E-state index contributed by atoms with van der Waals surface area (Å²) < 4.78 is 7.19. The Morgan fingerprint density at radius 1 is 1.33 bits per heavy atom. The Bertz CT molecular complexity index is 635. The fraction of sp³-hybridized carbons (Fsp3) is 0.333. The van der Waals surface area contributed by atoms with E-state index >= 15 is 0 Å². The molecule has 0 radical (unpaired) electrons. The maximum absolute atomic E-state index is 11.8. The minimum Gasteiger partial charge on any atom is -0.484 e. The maximum Gasteiger partial charge on any atom is 0.258 e. The SMILES string of the molecule is Cc1nn(C)c(C)c1CNC(=O)COc1ccc(Cl)cc1. The van der Waals surface area contributed by atoms with Crippen molar-refractivity contribution in [3.8, 4) is 5.75 Å². The lowest BCUT2D eigenvalue weighted by molar-refractivity contribution is -0.123. The number of ether oxygens (including phenoxy) is 1. The summed E-state index contributed by atoms with van der Waals surface area (Å²) >= 11 is 5.78. The van der Waals surface area contributed by atoms with Crippen LogP contribution in [0.25, 0.3) is 0 Å². The molecule has 2 aromatic rings. The first-order valence-corrected chi connectivity index (χ1v) is 6.99. The fourth-order valence-corrected chi connectivity index (χ4v) is 2.12. The summed E-state index contributed by atoms with van der Waals surface area (Å²) in [5, 5.41) is 7.78. The van der Waals surface area contributed by atoms with Crippen molar-refractivity contribution in [2.45, 2.75) is 20.4 Å². The number of nitrogens with zero attached hydrogens (tertiary/aromatic N) is 2. The number of aromatic nitrogens is 2. The van der Waals surface area contributed by atoms with Crippen LogP contribution < -0.4 is 10.1 Å². The van der Waals surface area contributed by atoms with Gasteiger partial charge in [0, 0.05) is 29.9 Å². The van der Waals surface area contributed by atoms with Gasteiger partial charge in [-0.3, -0.25) is 9.48 Å². The van der Waals surface area contributed by atoms with Crippen LogP contribution in [0.4, 0.5) is 0 Å². The van der Waals surface area contributed by atoms with E-state index in [1.54, 1.807) is 28.9 Å². The van der Waals surface area contributed by atoms with Crippen LogP contribution in [0, 0.1) is 13.8 Å². The molecule has 21 heavy (non-hydrogen) atoms. The first kappa shape index (κ1) is 15.4. The molecule has 112 valence electrons. The van der Waals surface area contributed by atoms with E-state index in [1.165, 1.54) is 0 Å². The fourth-order valence-electron chi connectivity index (χ4n) is 1.99. The number of amides is 1. The third kappa shape index (κ3) is 3.98. The Balaban J connectivity index is 1.83. The predicted octanol–water partition coefficient (Wildman–Crippen LogP) is 2.39. The first-order chi connectivity index (χ1) is 9.97. The molecular weight excluding hydrogens is 290 g/mol. The van der Waals surface area contributed by atoms with Crippen molar-refractivity contribution in [3.63, 3.8) is 0 Å². The first-order valence-electron chi connectivity index (χ1n) is 6.61. The van der Waals surface area contributed by atoms with Gasteiger partial charge < -0.3 is 10.1 Å². The summed E-state index contributed by atoms with van der Waals surface area (Å²) in [6.07, 6.45) is 0. The van der Waals surface area contributed by atoms with Crippen LogP contribution in [0.5, 0.6) is 5.75 Å². The minimum atomic E-state index is -0.174. The second kappa shape index (κ2) is 6.63. The van der Waals surface area contributed by atoms with E-state index in [0.717, 1.165) is 17.0 Å². The van der Waals surface area contributed by atoms with E-state index in [0.29, 0.717) is 17.3 Å². The van der Waals surface area contributed by atoms with Crippen molar-refractivity contribution in [1.29, 1.82) is 0 Å². The Morgan fingerprint density at radius 3 is 2.57 bits per heavy atom. The van der Waals surface area contributed by atoms with E-state index < -0.39 is 0 Å². The quantitative estimate of drug-likeness (QED) is 0.923. The lowest BCUT2D eigenvalue weighted by Crippen LogP contribution is -2.28. The molecule has 0 fully saturated rings. The van der Waals surface area contributed by atoms with E-state index in [-0.39, 0.29) is 12.5 Å². The van der Waals surface area contributed by atoms with Gasteiger partial charge in [0.1, 0.15) is 5.75 Å². The van der Waals surface area contributed by atoms with Crippen LogP contribution in [0.3, 0.4) is 0 Å². The Hall–Kier alpha value is -2.01. The Morgan fingerprint density at radius 2 is 2.00 bits per heavy atom. The normalized spacial score (nSPS) is 10.5. The van der Waals surface area contributed by atoms with Crippen LogP contribution in [0.2, 0.25) is 5.02 Å². The molecule has 0 bridgehead atoms. The highest BCUT2D eigenvalue weighted by Crippen LogP contribution is 2.15. The molecule has 0 aliphatic carbocycles. The number of rotatable bonds is 5. The van der Waals surface area contributed by atoms with Crippen molar-refractivity contribution in [1.82, 2.24) is 15.1 Å². The molecule has 0 aliphatic rings. The molecule has 1 aromatic heterocycles. The molecule has 0 saturated carbocycles. The van der Waals surface area contributed by atoms with Crippen molar-refractivity contribution in [3.05, 3.63) is 46.2 Å². The molecule has 1 amide bonds. The van der Waals surface area contributed by atoms with Crippen LogP contribution in [-0.4, -0.2) is 22.3 Å².